The summed E-state index contributed by atoms with van der Waals surface area (Å²) in [6, 6.07) is 11.2. The Kier molecular flexibility index (Phi) is 6.46. The van der Waals surface area contributed by atoms with Crippen LogP contribution in [0.15, 0.2) is 54.9 Å². The van der Waals surface area contributed by atoms with Gasteiger partial charge in [-0.1, -0.05) is 29.8 Å². The standard InChI is InChI=1S/C20H15ClF2N4O2/c21-15-7-13(4-5-16(15)23)10-25-20(29)18-8-17(26-11-27-18)19(28)24-9-12-2-1-3-14(22)6-12/h1-8,11H,9-10H2,(H,24,28)(H,25,29). The largest absolute Gasteiger partial charge is 0.347 e. The Hall–Kier alpha value is -3.39. The number of nitrogens with zero attached hydrogens (tertiary/aromatic N) is 2. The second-order valence-electron chi connectivity index (χ2n) is 6.03. The summed E-state index contributed by atoms with van der Waals surface area (Å²) in [5, 5.41) is 5.16. The van der Waals surface area contributed by atoms with Gasteiger partial charge in [0.25, 0.3) is 11.8 Å². The summed E-state index contributed by atoms with van der Waals surface area (Å²) in [6.45, 7) is 0.206. The van der Waals surface area contributed by atoms with Crippen molar-refractivity contribution in [3.05, 3.63) is 94.0 Å². The molecule has 1 heterocycles. The topological polar surface area (TPSA) is 84.0 Å². The molecule has 0 bridgehead atoms. The van der Waals surface area contributed by atoms with Crippen LogP contribution >= 0.6 is 11.6 Å². The van der Waals surface area contributed by atoms with Crippen LogP contribution in [-0.4, -0.2) is 21.8 Å². The van der Waals surface area contributed by atoms with Gasteiger partial charge in [-0.25, -0.2) is 18.7 Å². The lowest BCUT2D eigenvalue weighted by atomic mass is 10.2. The van der Waals surface area contributed by atoms with Gasteiger partial charge in [-0.05, 0) is 35.4 Å². The molecule has 0 unspecified atom stereocenters. The summed E-state index contributed by atoms with van der Waals surface area (Å²) in [7, 11) is 0. The van der Waals surface area contributed by atoms with Crippen molar-refractivity contribution in [2.75, 3.05) is 0 Å². The molecule has 2 aromatic carbocycles. The molecular weight excluding hydrogens is 402 g/mol. The molecule has 9 heteroatoms. The summed E-state index contributed by atoms with van der Waals surface area (Å²) >= 11 is 5.71. The second kappa shape index (κ2) is 9.20. The number of carbonyl (C=O) groups excluding carboxylic acids is 2. The first-order chi connectivity index (χ1) is 13.9. The molecular formula is C20H15ClF2N4O2. The van der Waals surface area contributed by atoms with Crippen molar-refractivity contribution in [1.29, 1.82) is 0 Å². The fraction of sp³-hybridized carbons (Fsp3) is 0.100. The lowest BCUT2D eigenvalue weighted by molar-refractivity contribution is 0.0944. The molecule has 0 radical (unpaired) electrons. The normalized spacial score (nSPS) is 10.4. The zero-order chi connectivity index (χ0) is 20.8. The minimum absolute atomic E-state index is 0.00798. The van der Waals surface area contributed by atoms with Gasteiger partial charge >= 0.3 is 0 Å². The highest BCUT2D eigenvalue weighted by molar-refractivity contribution is 6.30. The van der Waals surface area contributed by atoms with Crippen LogP contribution < -0.4 is 10.6 Å². The lowest BCUT2D eigenvalue weighted by Gasteiger charge is -2.08. The van der Waals surface area contributed by atoms with E-state index in [1.165, 1.54) is 42.5 Å². The van der Waals surface area contributed by atoms with Crippen molar-refractivity contribution in [2.45, 2.75) is 13.1 Å². The average Bonchev–Trinajstić information content (AvgIpc) is 2.72. The zero-order valence-corrected chi connectivity index (χ0v) is 15.7. The number of benzene rings is 2. The quantitative estimate of drug-likeness (QED) is 0.646. The van der Waals surface area contributed by atoms with Gasteiger partial charge in [0.2, 0.25) is 0 Å². The number of hydrogen-bond acceptors (Lipinski definition) is 4. The predicted octanol–water partition coefficient (Wildman–Crippen LogP) is 3.27. The van der Waals surface area contributed by atoms with Gasteiger partial charge < -0.3 is 10.6 Å². The fourth-order valence-corrected chi connectivity index (χ4v) is 2.65. The van der Waals surface area contributed by atoms with Crippen LogP contribution in [0, 0.1) is 11.6 Å². The molecule has 0 aliphatic rings. The van der Waals surface area contributed by atoms with Crippen molar-refractivity contribution >= 4 is 23.4 Å². The first kappa shape index (κ1) is 20.3. The molecule has 3 rings (SSSR count). The van der Waals surface area contributed by atoms with E-state index in [-0.39, 0.29) is 29.5 Å². The van der Waals surface area contributed by atoms with Crippen LogP contribution in [0.25, 0.3) is 0 Å². The number of hydrogen-bond donors (Lipinski definition) is 2. The number of nitrogens with one attached hydrogen (secondary N) is 2. The SMILES string of the molecule is O=C(NCc1cccc(F)c1)c1cc(C(=O)NCc2ccc(F)c(Cl)c2)ncn1. The van der Waals surface area contributed by atoms with Crippen LogP contribution in [0.3, 0.4) is 0 Å². The summed E-state index contributed by atoms with van der Waals surface area (Å²) < 4.78 is 26.4. The van der Waals surface area contributed by atoms with Crippen molar-refractivity contribution in [3.8, 4) is 0 Å². The van der Waals surface area contributed by atoms with Gasteiger partial charge in [-0.15, -0.1) is 0 Å². The first-order valence-electron chi connectivity index (χ1n) is 8.49. The van der Waals surface area contributed by atoms with Crippen LogP contribution in [0.2, 0.25) is 5.02 Å². The van der Waals surface area contributed by atoms with E-state index in [2.05, 4.69) is 20.6 Å². The molecule has 2 N–H and O–H groups in total. The minimum atomic E-state index is -0.550. The first-order valence-corrected chi connectivity index (χ1v) is 8.87. The van der Waals surface area contributed by atoms with Gasteiger partial charge in [-0.3, -0.25) is 9.59 Å². The Balaban J connectivity index is 1.61. The van der Waals surface area contributed by atoms with Crippen LogP contribution in [0.5, 0.6) is 0 Å². The van der Waals surface area contributed by atoms with Crippen molar-refractivity contribution in [2.24, 2.45) is 0 Å². The molecule has 2 amide bonds. The van der Waals surface area contributed by atoms with E-state index < -0.39 is 23.4 Å². The molecule has 0 aliphatic heterocycles. The van der Waals surface area contributed by atoms with Gasteiger partial charge in [0.1, 0.15) is 29.3 Å². The van der Waals surface area contributed by atoms with Crippen LogP contribution in [0.4, 0.5) is 8.78 Å². The van der Waals surface area contributed by atoms with E-state index in [0.29, 0.717) is 11.1 Å². The number of halogens is 3. The second-order valence-corrected chi connectivity index (χ2v) is 6.44. The smallest absolute Gasteiger partial charge is 0.270 e. The highest BCUT2D eigenvalue weighted by Gasteiger charge is 2.13. The molecule has 0 atom stereocenters. The third-order valence-electron chi connectivity index (χ3n) is 3.91. The van der Waals surface area contributed by atoms with E-state index in [0.717, 1.165) is 6.33 Å². The maximum atomic E-state index is 13.2. The highest BCUT2D eigenvalue weighted by atomic mass is 35.5. The van der Waals surface area contributed by atoms with E-state index in [1.54, 1.807) is 6.07 Å². The van der Waals surface area contributed by atoms with Crippen molar-refractivity contribution in [1.82, 2.24) is 20.6 Å². The molecule has 0 aliphatic carbocycles. The molecule has 1 aromatic heterocycles. The number of aromatic nitrogens is 2. The maximum absolute atomic E-state index is 13.2. The maximum Gasteiger partial charge on any atom is 0.270 e. The van der Waals surface area contributed by atoms with Gasteiger partial charge in [0, 0.05) is 19.2 Å². The molecule has 29 heavy (non-hydrogen) atoms. The molecule has 3 aromatic rings. The Bertz CT molecular complexity index is 1060. The number of rotatable bonds is 6. The molecule has 0 saturated carbocycles. The summed E-state index contributed by atoms with van der Waals surface area (Å²) in [4.78, 5) is 32.2. The molecule has 6 nitrogen and oxygen atoms in total. The summed E-state index contributed by atoms with van der Waals surface area (Å²) in [5.74, 6) is -2.02. The summed E-state index contributed by atoms with van der Waals surface area (Å²) in [5.41, 5.74) is 1.17. The monoisotopic (exact) mass is 416 g/mol. The van der Waals surface area contributed by atoms with Gasteiger partial charge in [0.15, 0.2) is 0 Å². The fourth-order valence-electron chi connectivity index (χ4n) is 2.45. The average molecular weight is 417 g/mol. The van der Waals surface area contributed by atoms with Crippen molar-refractivity contribution < 1.29 is 18.4 Å². The zero-order valence-electron chi connectivity index (χ0n) is 15.0. The number of amides is 2. The lowest BCUT2D eigenvalue weighted by Crippen LogP contribution is -2.27. The Morgan fingerprint density at radius 3 is 2.07 bits per heavy atom. The molecule has 148 valence electrons. The number of carbonyl (C=O) groups is 2. The van der Waals surface area contributed by atoms with E-state index in [4.69, 9.17) is 11.6 Å². The predicted molar refractivity (Wildman–Crippen MR) is 102 cm³/mol. The Morgan fingerprint density at radius 1 is 0.862 bits per heavy atom. The van der Waals surface area contributed by atoms with Crippen LogP contribution in [0.1, 0.15) is 32.1 Å². The van der Waals surface area contributed by atoms with Gasteiger partial charge in [-0.2, -0.15) is 0 Å². The van der Waals surface area contributed by atoms with Crippen LogP contribution in [-0.2, 0) is 13.1 Å². The van der Waals surface area contributed by atoms with Crippen molar-refractivity contribution in [3.63, 3.8) is 0 Å². The van der Waals surface area contributed by atoms with Gasteiger partial charge in [0.05, 0.1) is 5.02 Å². The Morgan fingerprint density at radius 2 is 1.48 bits per heavy atom. The summed E-state index contributed by atoms with van der Waals surface area (Å²) in [6.07, 6.45) is 1.10. The molecule has 0 fully saturated rings. The molecule has 0 saturated heterocycles. The third-order valence-corrected chi connectivity index (χ3v) is 4.20. The third kappa shape index (κ3) is 5.55. The highest BCUT2D eigenvalue weighted by Crippen LogP contribution is 2.16. The van der Waals surface area contributed by atoms with E-state index in [9.17, 15) is 18.4 Å². The Labute approximate surface area is 170 Å². The van der Waals surface area contributed by atoms with E-state index in [1.807, 2.05) is 0 Å². The van der Waals surface area contributed by atoms with E-state index >= 15 is 0 Å². The molecule has 0 spiro atoms. The minimum Gasteiger partial charge on any atom is -0.347 e.